The first kappa shape index (κ1) is 20.2. The number of nitrogens with zero attached hydrogens (tertiary/aromatic N) is 1. The maximum Gasteiger partial charge on any atom is 0.257 e. The molecule has 0 aliphatic heterocycles. The van der Waals surface area contributed by atoms with Crippen LogP contribution in [-0.2, 0) is 17.8 Å². The van der Waals surface area contributed by atoms with Crippen LogP contribution in [0.2, 0.25) is 0 Å². The second-order valence-electron chi connectivity index (χ2n) is 7.16. The molecule has 0 bridgehead atoms. The van der Waals surface area contributed by atoms with Gasteiger partial charge >= 0.3 is 0 Å². The Hall–Kier alpha value is -3.13. The number of rotatable bonds is 5. The Balaban J connectivity index is 1.43. The Morgan fingerprint density at radius 2 is 1.83 bits per heavy atom. The van der Waals surface area contributed by atoms with Gasteiger partial charge in [-0.05, 0) is 44.0 Å². The third-order valence-electron chi connectivity index (χ3n) is 5.07. The van der Waals surface area contributed by atoms with Crippen LogP contribution in [0, 0.1) is 18.6 Å². The molecule has 0 radical (unpaired) electrons. The first-order valence-corrected chi connectivity index (χ1v) is 10.3. The number of carbonyl (C=O) groups excluding carboxylic acids is 2. The summed E-state index contributed by atoms with van der Waals surface area (Å²) in [5.41, 5.74) is 2.03. The molecule has 0 fully saturated rings. The van der Waals surface area contributed by atoms with Crippen molar-refractivity contribution >= 4 is 28.3 Å². The van der Waals surface area contributed by atoms with E-state index in [1.54, 1.807) is 12.1 Å². The maximum atomic E-state index is 13.8. The zero-order valence-electron chi connectivity index (χ0n) is 16.2. The molecule has 154 valence electrons. The molecule has 2 N–H and O–H groups in total. The Kier molecular flexibility index (Phi) is 5.59. The molecule has 2 aromatic carbocycles. The highest BCUT2D eigenvalue weighted by molar-refractivity contribution is 7.16. The standard InChI is InChI=1S/C22H19F2N3O2S/c1-12-5-7-13(8-6-12)20(28)27-22-26-19-14(9-10-18(19)30-22)21(29)25-11-15-16(23)3-2-4-17(15)24/h2-8,14H,9-11H2,1H3,(H,25,29)(H,26,27,28)/t14-/m0/s1. The van der Waals surface area contributed by atoms with E-state index in [4.69, 9.17) is 0 Å². The van der Waals surface area contributed by atoms with Crippen molar-refractivity contribution in [1.29, 1.82) is 0 Å². The first-order chi connectivity index (χ1) is 14.4. The maximum absolute atomic E-state index is 13.8. The number of aryl methyl sites for hydroxylation is 2. The van der Waals surface area contributed by atoms with Crippen molar-refractivity contribution in [3.63, 3.8) is 0 Å². The lowest BCUT2D eigenvalue weighted by molar-refractivity contribution is -0.122. The average molecular weight is 427 g/mol. The lowest BCUT2D eigenvalue weighted by atomic mass is 10.1. The molecular weight excluding hydrogens is 408 g/mol. The molecule has 0 saturated heterocycles. The fourth-order valence-electron chi connectivity index (χ4n) is 3.41. The van der Waals surface area contributed by atoms with Crippen molar-refractivity contribution in [2.45, 2.75) is 32.2 Å². The minimum absolute atomic E-state index is 0.173. The lowest BCUT2D eigenvalue weighted by Gasteiger charge is -2.11. The number of amides is 2. The second kappa shape index (κ2) is 8.31. The molecule has 0 spiro atoms. The van der Waals surface area contributed by atoms with Gasteiger partial charge in [-0.25, -0.2) is 13.8 Å². The number of benzene rings is 2. The van der Waals surface area contributed by atoms with Gasteiger partial charge < -0.3 is 5.32 Å². The number of anilines is 1. The monoisotopic (exact) mass is 427 g/mol. The van der Waals surface area contributed by atoms with Gasteiger partial charge in [-0.1, -0.05) is 23.8 Å². The predicted octanol–water partition coefficient (Wildman–Crippen LogP) is 4.33. The summed E-state index contributed by atoms with van der Waals surface area (Å²) in [6.45, 7) is 1.71. The van der Waals surface area contributed by atoms with Crippen molar-refractivity contribution in [2.24, 2.45) is 0 Å². The number of aromatic nitrogens is 1. The number of thiazole rings is 1. The molecular formula is C22H19F2N3O2S. The molecule has 1 aliphatic carbocycles. The molecule has 30 heavy (non-hydrogen) atoms. The summed E-state index contributed by atoms with van der Waals surface area (Å²) in [6, 6.07) is 10.8. The van der Waals surface area contributed by atoms with Gasteiger partial charge in [0, 0.05) is 22.5 Å². The third kappa shape index (κ3) is 4.09. The number of halogens is 2. The zero-order chi connectivity index (χ0) is 21.3. The normalized spacial score (nSPS) is 15.0. The molecule has 8 heteroatoms. The Bertz CT molecular complexity index is 1090. The number of nitrogens with one attached hydrogen (secondary N) is 2. The number of carbonyl (C=O) groups is 2. The summed E-state index contributed by atoms with van der Waals surface area (Å²) in [4.78, 5) is 30.4. The molecule has 2 amide bonds. The molecule has 4 rings (SSSR count). The summed E-state index contributed by atoms with van der Waals surface area (Å²) in [6.07, 6.45) is 1.24. The number of fused-ring (bicyclic) bond motifs is 1. The smallest absolute Gasteiger partial charge is 0.257 e. The lowest BCUT2D eigenvalue weighted by Crippen LogP contribution is -2.29. The summed E-state index contributed by atoms with van der Waals surface area (Å²) in [7, 11) is 0. The van der Waals surface area contributed by atoms with E-state index in [9.17, 15) is 18.4 Å². The van der Waals surface area contributed by atoms with Crippen LogP contribution in [0.25, 0.3) is 0 Å². The van der Waals surface area contributed by atoms with Crippen molar-refractivity contribution in [3.8, 4) is 0 Å². The molecule has 1 atom stereocenters. The molecule has 1 aromatic heterocycles. The molecule has 5 nitrogen and oxygen atoms in total. The summed E-state index contributed by atoms with van der Waals surface area (Å²) < 4.78 is 27.5. The van der Waals surface area contributed by atoms with Crippen molar-refractivity contribution in [2.75, 3.05) is 5.32 Å². The Morgan fingerprint density at radius 3 is 2.53 bits per heavy atom. The Labute approximate surface area is 176 Å². The molecule has 1 aliphatic rings. The topological polar surface area (TPSA) is 71.1 Å². The highest BCUT2D eigenvalue weighted by Crippen LogP contribution is 2.38. The minimum Gasteiger partial charge on any atom is -0.351 e. The van der Waals surface area contributed by atoms with Crippen LogP contribution in [0.5, 0.6) is 0 Å². The second-order valence-corrected chi connectivity index (χ2v) is 8.24. The van der Waals surface area contributed by atoms with E-state index in [1.165, 1.54) is 17.4 Å². The predicted molar refractivity (Wildman–Crippen MR) is 111 cm³/mol. The van der Waals surface area contributed by atoms with Crippen molar-refractivity contribution < 1.29 is 18.4 Å². The SMILES string of the molecule is Cc1ccc(C(=O)Nc2nc3c(s2)CC[C@@H]3C(=O)NCc2c(F)cccc2F)cc1. The molecule has 0 saturated carbocycles. The van der Waals surface area contributed by atoms with Crippen LogP contribution in [0.3, 0.4) is 0 Å². The minimum atomic E-state index is -0.697. The number of hydrogen-bond acceptors (Lipinski definition) is 4. The van der Waals surface area contributed by atoms with Crippen LogP contribution in [-0.4, -0.2) is 16.8 Å². The fraction of sp³-hybridized carbons (Fsp3) is 0.227. The van der Waals surface area contributed by atoms with Gasteiger partial charge in [-0.3, -0.25) is 14.9 Å². The van der Waals surface area contributed by atoms with E-state index in [2.05, 4.69) is 15.6 Å². The summed E-state index contributed by atoms with van der Waals surface area (Å²) in [5, 5.41) is 5.81. The van der Waals surface area contributed by atoms with Gasteiger partial charge in [0.1, 0.15) is 11.6 Å². The highest BCUT2D eigenvalue weighted by atomic mass is 32.1. The van der Waals surface area contributed by atoms with Crippen LogP contribution in [0.4, 0.5) is 13.9 Å². The molecule has 1 heterocycles. The quantitative estimate of drug-likeness (QED) is 0.637. The van der Waals surface area contributed by atoms with Crippen LogP contribution in [0.1, 0.15) is 44.4 Å². The largest absolute Gasteiger partial charge is 0.351 e. The van der Waals surface area contributed by atoms with Crippen LogP contribution < -0.4 is 10.6 Å². The van der Waals surface area contributed by atoms with Crippen molar-refractivity contribution in [1.82, 2.24) is 10.3 Å². The first-order valence-electron chi connectivity index (χ1n) is 9.50. The zero-order valence-corrected chi connectivity index (χ0v) is 17.0. The van der Waals surface area contributed by atoms with E-state index in [1.807, 2.05) is 19.1 Å². The molecule has 0 unspecified atom stereocenters. The van der Waals surface area contributed by atoms with Gasteiger partial charge in [-0.15, -0.1) is 11.3 Å². The van der Waals surface area contributed by atoms with E-state index in [-0.39, 0.29) is 23.9 Å². The van der Waals surface area contributed by atoms with Gasteiger partial charge in [0.15, 0.2) is 5.13 Å². The van der Waals surface area contributed by atoms with Gasteiger partial charge in [0.25, 0.3) is 5.91 Å². The summed E-state index contributed by atoms with van der Waals surface area (Å²) in [5.74, 6) is -2.50. The fourth-order valence-corrected chi connectivity index (χ4v) is 4.44. The molecule has 3 aromatic rings. The van der Waals surface area contributed by atoms with E-state index >= 15 is 0 Å². The van der Waals surface area contributed by atoms with Crippen molar-refractivity contribution in [3.05, 3.63) is 81.4 Å². The van der Waals surface area contributed by atoms with E-state index < -0.39 is 17.6 Å². The number of hydrogen-bond donors (Lipinski definition) is 2. The van der Waals surface area contributed by atoms with Gasteiger partial charge in [0.2, 0.25) is 5.91 Å². The van der Waals surface area contributed by atoms with Gasteiger partial charge in [-0.2, -0.15) is 0 Å². The van der Waals surface area contributed by atoms with E-state index in [0.717, 1.165) is 22.6 Å². The van der Waals surface area contributed by atoms with Gasteiger partial charge in [0.05, 0.1) is 11.6 Å². The Morgan fingerprint density at radius 1 is 1.13 bits per heavy atom. The van der Waals surface area contributed by atoms with Crippen LogP contribution >= 0.6 is 11.3 Å². The van der Waals surface area contributed by atoms with Crippen LogP contribution in [0.15, 0.2) is 42.5 Å². The highest BCUT2D eigenvalue weighted by Gasteiger charge is 2.33. The van der Waals surface area contributed by atoms with E-state index in [0.29, 0.717) is 29.2 Å². The average Bonchev–Trinajstić information content (AvgIpc) is 3.28. The summed E-state index contributed by atoms with van der Waals surface area (Å²) >= 11 is 1.35. The third-order valence-corrected chi connectivity index (χ3v) is 6.12.